The number of hydrogen-bond acceptors (Lipinski definition) is 3. The molecular formula is C14H17NOS. The topological polar surface area (TPSA) is 26.0 Å². The molecule has 0 bridgehead atoms. The second kappa shape index (κ2) is 5.41. The Morgan fingerprint density at radius 1 is 1.18 bits per heavy atom. The van der Waals surface area contributed by atoms with Gasteiger partial charge in [-0.05, 0) is 31.7 Å². The molecule has 0 aliphatic heterocycles. The van der Waals surface area contributed by atoms with Gasteiger partial charge in [-0.3, -0.25) is 0 Å². The molecule has 1 aromatic carbocycles. The zero-order valence-electron chi connectivity index (χ0n) is 10.5. The van der Waals surface area contributed by atoms with Crippen molar-refractivity contribution in [1.29, 1.82) is 0 Å². The van der Waals surface area contributed by atoms with Crippen molar-refractivity contribution < 1.29 is 4.42 Å². The lowest BCUT2D eigenvalue weighted by atomic mass is 10.1. The number of hydrogen-bond donors (Lipinski definition) is 0. The van der Waals surface area contributed by atoms with Gasteiger partial charge in [-0.25, -0.2) is 4.98 Å². The summed E-state index contributed by atoms with van der Waals surface area (Å²) >= 11 is 1.86. The van der Waals surface area contributed by atoms with Crippen molar-refractivity contribution in [2.24, 2.45) is 0 Å². The van der Waals surface area contributed by atoms with Crippen LogP contribution in [0.15, 0.2) is 28.7 Å². The molecular weight excluding hydrogens is 230 g/mol. The monoisotopic (exact) mass is 247 g/mol. The van der Waals surface area contributed by atoms with Crippen LogP contribution in [0.2, 0.25) is 0 Å². The molecule has 1 heterocycles. The van der Waals surface area contributed by atoms with E-state index < -0.39 is 0 Å². The van der Waals surface area contributed by atoms with Crippen LogP contribution in [0.3, 0.4) is 0 Å². The highest BCUT2D eigenvalue weighted by atomic mass is 32.2. The van der Waals surface area contributed by atoms with Crippen LogP contribution >= 0.6 is 11.8 Å². The molecule has 0 saturated carbocycles. The average Bonchev–Trinajstić information content (AvgIpc) is 2.69. The lowest BCUT2D eigenvalue weighted by molar-refractivity contribution is 0.540. The van der Waals surface area contributed by atoms with Crippen molar-refractivity contribution in [2.45, 2.75) is 26.5 Å². The van der Waals surface area contributed by atoms with Crippen LogP contribution in [0.25, 0.3) is 11.5 Å². The van der Waals surface area contributed by atoms with E-state index in [4.69, 9.17) is 4.42 Å². The summed E-state index contributed by atoms with van der Waals surface area (Å²) in [5.41, 5.74) is 3.36. The molecule has 1 aromatic heterocycles. The van der Waals surface area contributed by atoms with Gasteiger partial charge in [0.25, 0.3) is 0 Å². The Morgan fingerprint density at radius 2 is 1.88 bits per heavy atom. The Bertz CT molecular complexity index is 487. The SMILES string of the molecule is CCSCc1nc(-c2ccc(C)cc2)oc1C. The predicted octanol–water partition coefficient (Wildman–Crippen LogP) is 4.21. The van der Waals surface area contributed by atoms with E-state index in [0.717, 1.165) is 34.4 Å². The van der Waals surface area contributed by atoms with E-state index in [9.17, 15) is 0 Å². The van der Waals surface area contributed by atoms with Crippen LogP contribution in [0, 0.1) is 13.8 Å². The zero-order chi connectivity index (χ0) is 12.3. The summed E-state index contributed by atoms with van der Waals surface area (Å²) < 4.78 is 5.71. The van der Waals surface area contributed by atoms with Crippen molar-refractivity contribution in [3.8, 4) is 11.5 Å². The van der Waals surface area contributed by atoms with E-state index >= 15 is 0 Å². The summed E-state index contributed by atoms with van der Waals surface area (Å²) in [7, 11) is 0. The van der Waals surface area contributed by atoms with Gasteiger partial charge in [0.05, 0.1) is 5.69 Å². The molecule has 0 aliphatic rings. The van der Waals surface area contributed by atoms with Crippen LogP contribution < -0.4 is 0 Å². The molecule has 0 aliphatic carbocycles. The quantitative estimate of drug-likeness (QED) is 0.809. The molecule has 0 N–H and O–H groups in total. The molecule has 2 rings (SSSR count). The Hall–Kier alpha value is -1.22. The second-order valence-corrected chi connectivity index (χ2v) is 5.30. The van der Waals surface area contributed by atoms with Gasteiger partial charge in [0.1, 0.15) is 5.76 Å². The molecule has 0 unspecified atom stereocenters. The fourth-order valence-electron chi connectivity index (χ4n) is 1.58. The normalized spacial score (nSPS) is 10.8. The van der Waals surface area contributed by atoms with Crippen LogP contribution in [-0.2, 0) is 5.75 Å². The van der Waals surface area contributed by atoms with E-state index in [2.05, 4.69) is 43.1 Å². The van der Waals surface area contributed by atoms with Crippen LogP contribution in [-0.4, -0.2) is 10.7 Å². The first-order chi connectivity index (χ1) is 8.20. The molecule has 17 heavy (non-hydrogen) atoms. The van der Waals surface area contributed by atoms with Gasteiger partial charge < -0.3 is 4.42 Å². The van der Waals surface area contributed by atoms with Crippen LogP contribution in [0.5, 0.6) is 0 Å². The van der Waals surface area contributed by atoms with E-state index in [1.54, 1.807) is 0 Å². The number of thioether (sulfide) groups is 1. The van der Waals surface area contributed by atoms with E-state index in [1.807, 2.05) is 18.7 Å². The van der Waals surface area contributed by atoms with Gasteiger partial charge >= 0.3 is 0 Å². The minimum atomic E-state index is 0.731. The number of rotatable bonds is 4. The molecule has 3 heteroatoms. The van der Waals surface area contributed by atoms with Gasteiger partial charge in [-0.15, -0.1) is 0 Å². The molecule has 0 saturated heterocycles. The number of aromatic nitrogens is 1. The number of oxazole rings is 1. The van der Waals surface area contributed by atoms with Crippen molar-refractivity contribution in [3.63, 3.8) is 0 Å². The zero-order valence-corrected chi connectivity index (χ0v) is 11.3. The minimum absolute atomic E-state index is 0.731. The van der Waals surface area contributed by atoms with E-state index in [-0.39, 0.29) is 0 Å². The maximum atomic E-state index is 5.71. The Labute approximate surface area is 106 Å². The summed E-state index contributed by atoms with van der Waals surface area (Å²) in [6.45, 7) is 6.21. The Kier molecular flexibility index (Phi) is 3.89. The minimum Gasteiger partial charge on any atom is -0.441 e. The van der Waals surface area contributed by atoms with Crippen LogP contribution in [0.1, 0.15) is 23.9 Å². The molecule has 0 atom stereocenters. The largest absolute Gasteiger partial charge is 0.441 e. The summed E-state index contributed by atoms with van der Waals surface area (Å²) in [5.74, 6) is 3.69. The highest BCUT2D eigenvalue weighted by Crippen LogP contribution is 2.24. The average molecular weight is 247 g/mol. The number of benzene rings is 1. The van der Waals surface area contributed by atoms with Gasteiger partial charge in [0, 0.05) is 11.3 Å². The molecule has 0 radical (unpaired) electrons. The highest BCUT2D eigenvalue weighted by molar-refractivity contribution is 7.98. The lowest BCUT2D eigenvalue weighted by Crippen LogP contribution is -1.84. The third kappa shape index (κ3) is 2.91. The third-order valence-corrected chi connectivity index (χ3v) is 3.52. The van der Waals surface area contributed by atoms with Crippen molar-refractivity contribution in [3.05, 3.63) is 41.3 Å². The van der Waals surface area contributed by atoms with E-state index in [0.29, 0.717) is 0 Å². The van der Waals surface area contributed by atoms with Gasteiger partial charge in [-0.1, -0.05) is 24.6 Å². The maximum Gasteiger partial charge on any atom is 0.226 e. The molecule has 0 fully saturated rings. The van der Waals surface area contributed by atoms with Crippen molar-refractivity contribution >= 4 is 11.8 Å². The first-order valence-electron chi connectivity index (χ1n) is 5.81. The highest BCUT2D eigenvalue weighted by Gasteiger charge is 2.10. The molecule has 0 amide bonds. The maximum absolute atomic E-state index is 5.71. The number of nitrogens with zero attached hydrogens (tertiary/aromatic N) is 1. The fraction of sp³-hybridized carbons (Fsp3) is 0.357. The lowest BCUT2D eigenvalue weighted by Gasteiger charge is -1.95. The summed E-state index contributed by atoms with van der Waals surface area (Å²) in [4.78, 5) is 4.56. The van der Waals surface area contributed by atoms with E-state index in [1.165, 1.54) is 5.56 Å². The molecule has 2 nitrogen and oxygen atoms in total. The van der Waals surface area contributed by atoms with Crippen molar-refractivity contribution in [2.75, 3.05) is 5.75 Å². The first-order valence-corrected chi connectivity index (χ1v) is 6.97. The Morgan fingerprint density at radius 3 is 2.53 bits per heavy atom. The number of aryl methyl sites for hydroxylation is 2. The molecule has 90 valence electrons. The van der Waals surface area contributed by atoms with Crippen LogP contribution in [0.4, 0.5) is 0 Å². The van der Waals surface area contributed by atoms with Gasteiger partial charge in [-0.2, -0.15) is 11.8 Å². The van der Waals surface area contributed by atoms with Crippen molar-refractivity contribution in [1.82, 2.24) is 4.98 Å². The molecule has 2 aromatic rings. The fourth-order valence-corrected chi connectivity index (χ4v) is 2.25. The summed E-state index contributed by atoms with van der Waals surface area (Å²) in [6, 6.07) is 8.26. The standard InChI is InChI=1S/C14H17NOS/c1-4-17-9-13-11(3)16-14(15-13)12-7-5-10(2)6-8-12/h5-8H,4,9H2,1-3H3. The summed E-state index contributed by atoms with van der Waals surface area (Å²) in [5, 5.41) is 0. The predicted molar refractivity (Wildman–Crippen MR) is 73.2 cm³/mol. The Balaban J connectivity index is 2.24. The third-order valence-electron chi connectivity index (χ3n) is 2.63. The van der Waals surface area contributed by atoms with Gasteiger partial charge in [0.15, 0.2) is 0 Å². The first kappa shape index (κ1) is 12.2. The summed E-state index contributed by atoms with van der Waals surface area (Å²) in [6.07, 6.45) is 0. The van der Waals surface area contributed by atoms with Gasteiger partial charge in [0.2, 0.25) is 5.89 Å². The second-order valence-electron chi connectivity index (χ2n) is 4.03. The molecule has 0 spiro atoms. The smallest absolute Gasteiger partial charge is 0.226 e.